The zero-order chi connectivity index (χ0) is 10.8. The highest BCUT2D eigenvalue weighted by Gasteiger charge is 2.19. The molecule has 0 fully saturated rings. The standard InChI is InChI=1S/C10H9BrClNO/c1-10(2,6-13)14-9-4-3-7(11)5-8(9)12/h3-5H,1-2H3. The van der Waals surface area contributed by atoms with Crippen LogP contribution in [0, 0.1) is 11.3 Å². The highest BCUT2D eigenvalue weighted by atomic mass is 79.9. The molecule has 74 valence electrons. The molecule has 0 aliphatic heterocycles. The summed E-state index contributed by atoms with van der Waals surface area (Å²) in [5.41, 5.74) is -0.864. The van der Waals surface area contributed by atoms with E-state index in [-0.39, 0.29) is 0 Å². The zero-order valence-electron chi connectivity index (χ0n) is 7.84. The van der Waals surface area contributed by atoms with Gasteiger partial charge in [0.25, 0.3) is 0 Å². The van der Waals surface area contributed by atoms with Crippen molar-refractivity contribution in [1.82, 2.24) is 0 Å². The molecule has 2 nitrogen and oxygen atoms in total. The van der Waals surface area contributed by atoms with E-state index in [2.05, 4.69) is 15.9 Å². The van der Waals surface area contributed by atoms with Gasteiger partial charge >= 0.3 is 0 Å². The Morgan fingerprint density at radius 2 is 2.14 bits per heavy atom. The molecule has 0 aliphatic rings. The number of hydrogen-bond acceptors (Lipinski definition) is 2. The zero-order valence-corrected chi connectivity index (χ0v) is 10.2. The summed E-state index contributed by atoms with van der Waals surface area (Å²) >= 11 is 9.22. The quantitative estimate of drug-likeness (QED) is 0.822. The predicted octanol–water partition coefficient (Wildman–Crippen LogP) is 3.78. The van der Waals surface area contributed by atoms with Gasteiger partial charge in [-0.25, -0.2) is 0 Å². The number of nitrogens with zero attached hydrogens (tertiary/aromatic N) is 1. The van der Waals surface area contributed by atoms with Crippen LogP contribution in [-0.2, 0) is 0 Å². The van der Waals surface area contributed by atoms with Gasteiger partial charge in [-0.15, -0.1) is 0 Å². The molecule has 4 heteroatoms. The second kappa shape index (κ2) is 4.20. The molecule has 1 aromatic rings. The summed E-state index contributed by atoms with van der Waals surface area (Å²) in [6, 6.07) is 7.31. The molecule has 0 N–H and O–H groups in total. The lowest BCUT2D eigenvalue weighted by Gasteiger charge is -2.19. The van der Waals surface area contributed by atoms with Gasteiger partial charge in [-0.2, -0.15) is 5.26 Å². The molecule has 0 aliphatic carbocycles. The summed E-state index contributed by atoms with van der Waals surface area (Å²) in [5.74, 6) is 0.515. The molecule has 0 heterocycles. The lowest BCUT2D eigenvalue weighted by molar-refractivity contribution is 0.170. The first-order chi connectivity index (χ1) is 6.44. The van der Waals surface area contributed by atoms with Crippen molar-refractivity contribution in [1.29, 1.82) is 5.26 Å². The van der Waals surface area contributed by atoms with E-state index < -0.39 is 5.60 Å². The molecule has 0 radical (unpaired) electrons. The van der Waals surface area contributed by atoms with Crippen LogP contribution in [0.3, 0.4) is 0 Å². The van der Waals surface area contributed by atoms with Gasteiger partial charge in [0.1, 0.15) is 11.8 Å². The first-order valence-electron chi connectivity index (χ1n) is 4.00. The molecule has 0 saturated heterocycles. The third kappa shape index (κ3) is 2.90. The number of rotatable bonds is 2. The van der Waals surface area contributed by atoms with E-state index in [1.807, 2.05) is 12.1 Å². The van der Waals surface area contributed by atoms with Crippen LogP contribution in [-0.4, -0.2) is 5.60 Å². The molecule has 14 heavy (non-hydrogen) atoms. The van der Waals surface area contributed by atoms with Crippen molar-refractivity contribution in [3.63, 3.8) is 0 Å². The summed E-state index contributed by atoms with van der Waals surface area (Å²) in [6.45, 7) is 3.37. The Morgan fingerprint density at radius 3 is 2.64 bits per heavy atom. The van der Waals surface area contributed by atoms with Crippen molar-refractivity contribution in [3.8, 4) is 11.8 Å². The molecule has 0 bridgehead atoms. The highest BCUT2D eigenvalue weighted by Crippen LogP contribution is 2.30. The number of hydrogen-bond donors (Lipinski definition) is 0. The van der Waals surface area contributed by atoms with Gasteiger partial charge in [0.15, 0.2) is 5.60 Å². The highest BCUT2D eigenvalue weighted by molar-refractivity contribution is 9.10. The van der Waals surface area contributed by atoms with E-state index in [1.54, 1.807) is 26.0 Å². The van der Waals surface area contributed by atoms with Crippen LogP contribution in [0.2, 0.25) is 5.02 Å². The minimum Gasteiger partial charge on any atom is -0.471 e. The number of benzene rings is 1. The summed E-state index contributed by atoms with van der Waals surface area (Å²) in [4.78, 5) is 0. The second-order valence-electron chi connectivity index (χ2n) is 3.30. The minimum absolute atomic E-state index is 0.489. The summed E-state index contributed by atoms with van der Waals surface area (Å²) in [5, 5.41) is 9.26. The second-order valence-corrected chi connectivity index (χ2v) is 4.62. The molecule has 0 spiro atoms. The smallest absolute Gasteiger partial charge is 0.188 e. The lowest BCUT2D eigenvalue weighted by atomic mass is 10.2. The van der Waals surface area contributed by atoms with E-state index in [4.69, 9.17) is 21.6 Å². The normalized spacial score (nSPS) is 10.8. The van der Waals surface area contributed by atoms with Gasteiger partial charge in [-0.05, 0) is 32.0 Å². The summed E-state index contributed by atoms with van der Waals surface area (Å²) in [7, 11) is 0. The van der Waals surface area contributed by atoms with E-state index in [0.29, 0.717) is 10.8 Å². The van der Waals surface area contributed by atoms with E-state index in [1.165, 1.54) is 0 Å². The Kier molecular flexibility index (Phi) is 3.41. The van der Waals surface area contributed by atoms with Crippen molar-refractivity contribution in [2.45, 2.75) is 19.4 Å². The Morgan fingerprint density at radius 1 is 1.50 bits per heavy atom. The molecule has 0 unspecified atom stereocenters. The van der Waals surface area contributed by atoms with Crippen molar-refractivity contribution in [2.75, 3.05) is 0 Å². The largest absolute Gasteiger partial charge is 0.471 e. The molecule has 1 rings (SSSR count). The molecular weight excluding hydrogens is 265 g/mol. The van der Waals surface area contributed by atoms with Crippen LogP contribution in [0.4, 0.5) is 0 Å². The molecule has 0 amide bonds. The van der Waals surface area contributed by atoms with Crippen LogP contribution in [0.5, 0.6) is 5.75 Å². The Labute approximate surface area is 96.6 Å². The number of ether oxygens (including phenoxy) is 1. The van der Waals surface area contributed by atoms with Crippen LogP contribution in [0.1, 0.15) is 13.8 Å². The Hall–Kier alpha value is -0.720. The van der Waals surface area contributed by atoms with Crippen molar-refractivity contribution in [2.24, 2.45) is 0 Å². The SMILES string of the molecule is CC(C)(C#N)Oc1ccc(Br)cc1Cl. The predicted molar refractivity (Wildman–Crippen MR) is 59.5 cm³/mol. The monoisotopic (exact) mass is 273 g/mol. The van der Waals surface area contributed by atoms with Crippen LogP contribution >= 0.6 is 27.5 Å². The molecule has 0 aromatic heterocycles. The maximum Gasteiger partial charge on any atom is 0.188 e. The molecule has 1 aromatic carbocycles. The van der Waals surface area contributed by atoms with Crippen LogP contribution < -0.4 is 4.74 Å². The Balaban J connectivity index is 2.94. The molecular formula is C10H9BrClNO. The first-order valence-corrected chi connectivity index (χ1v) is 5.17. The molecule has 0 atom stereocenters. The molecule has 0 saturated carbocycles. The third-order valence-corrected chi connectivity index (χ3v) is 2.32. The summed E-state index contributed by atoms with van der Waals surface area (Å²) in [6.07, 6.45) is 0. The van der Waals surface area contributed by atoms with Crippen molar-refractivity contribution >= 4 is 27.5 Å². The average Bonchev–Trinajstić information content (AvgIpc) is 2.10. The van der Waals surface area contributed by atoms with Crippen LogP contribution in [0.25, 0.3) is 0 Å². The number of halogens is 2. The maximum absolute atomic E-state index is 8.77. The van der Waals surface area contributed by atoms with Gasteiger partial charge < -0.3 is 4.74 Å². The van der Waals surface area contributed by atoms with E-state index in [9.17, 15) is 0 Å². The fraction of sp³-hybridized carbons (Fsp3) is 0.300. The van der Waals surface area contributed by atoms with Crippen molar-refractivity contribution in [3.05, 3.63) is 27.7 Å². The van der Waals surface area contributed by atoms with Gasteiger partial charge in [0.2, 0.25) is 0 Å². The van der Waals surface area contributed by atoms with E-state index in [0.717, 1.165) is 4.47 Å². The fourth-order valence-electron chi connectivity index (χ4n) is 0.856. The average molecular weight is 275 g/mol. The Bertz CT molecular complexity index is 384. The van der Waals surface area contributed by atoms with Gasteiger partial charge in [-0.1, -0.05) is 27.5 Å². The van der Waals surface area contributed by atoms with Gasteiger partial charge in [-0.3, -0.25) is 0 Å². The lowest BCUT2D eigenvalue weighted by Crippen LogP contribution is -2.25. The van der Waals surface area contributed by atoms with Gasteiger partial charge in [0.05, 0.1) is 5.02 Å². The van der Waals surface area contributed by atoms with Crippen molar-refractivity contribution < 1.29 is 4.74 Å². The minimum atomic E-state index is -0.864. The fourth-order valence-corrected chi connectivity index (χ4v) is 1.57. The summed E-state index contributed by atoms with van der Waals surface area (Å²) < 4.78 is 6.30. The van der Waals surface area contributed by atoms with Crippen LogP contribution in [0.15, 0.2) is 22.7 Å². The first kappa shape index (κ1) is 11.4. The third-order valence-electron chi connectivity index (χ3n) is 1.53. The van der Waals surface area contributed by atoms with E-state index >= 15 is 0 Å². The maximum atomic E-state index is 8.77. The topological polar surface area (TPSA) is 33.0 Å². The number of nitriles is 1. The van der Waals surface area contributed by atoms with Gasteiger partial charge in [0, 0.05) is 4.47 Å².